The minimum absolute atomic E-state index is 0.0129. The summed E-state index contributed by atoms with van der Waals surface area (Å²) in [7, 11) is 1.58. The van der Waals surface area contributed by atoms with Crippen molar-refractivity contribution in [2.75, 3.05) is 51.3 Å². The van der Waals surface area contributed by atoms with Crippen LogP contribution in [0, 0.1) is 0 Å². The molecule has 1 fully saturated rings. The van der Waals surface area contributed by atoms with Crippen LogP contribution < -0.4 is 20.3 Å². The van der Waals surface area contributed by atoms with Gasteiger partial charge < -0.3 is 25.2 Å². The highest BCUT2D eigenvalue weighted by molar-refractivity contribution is 5.77. The first-order valence-electron chi connectivity index (χ1n) is 10.4. The average Bonchev–Trinajstić information content (AvgIpc) is 2.81. The number of likely N-dealkylation sites (N-methyl/N-ethyl adjacent to an activating group) is 1. The lowest BCUT2D eigenvalue weighted by atomic mass is 10.2. The average molecular weight is 411 g/mol. The Morgan fingerprint density at radius 2 is 1.67 bits per heavy atom. The van der Waals surface area contributed by atoms with Gasteiger partial charge in [-0.3, -0.25) is 9.59 Å². The van der Waals surface area contributed by atoms with Gasteiger partial charge in [0.15, 0.2) is 6.61 Å². The maximum atomic E-state index is 12.5. The summed E-state index contributed by atoms with van der Waals surface area (Å²) in [5.74, 6) is 0.687. The van der Waals surface area contributed by atoms with Gasteiger partial charge in [0.2, 0.25) is 5.91 Å². The van der Waals surface area contributed by atoms with Crippen LogP contribution in [-0.2, 0) is 16.1 Å². The third-order valence-electron chi connectivity index (χ3n) is 5.20. The Balaban J connectivity index is 1.38. The molecule has 0 aliphatic carbocycles. The number of carbonyl (C=O) groups excluding carboxylic acids is 2. The quantitative estimate of drug-likeness (QED) is 0.615. The molecule has 160 valence electrons. The number of ether oxygens (including phenoxy) is 1. The fraction of sp³-hybridized carbons (Fsp3) is 0.391. The zero-order valence-corrected chi connectivity index (χ0v) is 17.5. The summed E-state index contributed by atoms with van der Waals surface area (Å²) in [6, 6.07) is 17.9. The van der Waals surface area contributed by atoms with Gasteiger partial charge in [0.05, 0.1) is 0 Å². The Morgan fingerprint density at radius 1 is 0.967 bits per heavy atom. The van der Waals surface area contributed by atoms with Crippen molar-refractivity contribution in [1.82, 2.24) is 15.5 Å². The van der Waals surface area contributed by atoms with Gasteiger partial charge in [-0.25, -0.2) is 0 Å². The number of hydrogen-bond donors (Lipinski definition) is 2. The van der Waals surface area contributed by atoms with Crippen molar-refractivity contribution in [3.63, 3.8) is 0 Å². The molecule has 1 heterocycles. The first-order valence-corrected chi connectivity index (χ1v) is 10.4. The number of hydrogen-bond acceptors (Lipinski definition) is 5. The molecule has 7 nitrogen and oxygen atoms in total. The van der Waals surface area contributed by atoms with Crippen molar-refractivity contribution >= 4 is 17.5 Å². The van der Waals surface area contributed by atoms with Gasteiger partial charge in [0, 0.05) is 64.0 Å². The lowest BCUT2D eigenvalue weighted by Crippen LogP contribution is -2.49. The second-order valence-electron chi connectivity index (χ2n) is 7.20. The number of nitrogens with zero attached hydrogens (tertiary/aromatic N) is 2. The highest BCUT2D eigenvalue weighted by Gasteiger charge is 2.20. The van der Waals surface area contributed by atoms with Crippen LogP contribution in [0.2, 0.25) is 0 Å². The number of para-hydroxylation sites is 2. The van der Waals surface area contributed by atoms with E-state index in [0.717, 1.165) is 31.7 Å². The first-order chi connectivity index (χ1) is 14.7. The van der Waals surface area contributed by atoms with E-state index in [-0.39, 0.29) is 18.4 Å². The molecule has 30 heavy (non-hydrogen) atoms. The van der Waals surface area contributed by atoms with Crippen molar-refractivity contribution in [2.45, 2.75) is 13.0 Å². The Labute approximate surface area is 178 Å². The number of nitrogens with one attached hydrogen (secondary N) is 2. The molecule has 0 atom stereocenters. The van der Waals surface area contributed by atoms with Crippen molar-refractivity contribution in [3.05, 3.63) is 60.2 Å². The van der Waals surface area contributed by atoms with E-state index < -0.39 is 0 Å². The van der Waals surface area contributed by atoms with Crippen molar-refractivity contribution < 1.29 is 14.3 Å². The van der Waals surface area contributed by atoms with E-state index in [1.165, 1.54) is 5.69 Å². The standard InChI is InChI=1S/C23H30N4O3/c1-24-22(28)18-30-21-10-6-5-7-19(21)17-25-12-11-23(29)27-15-13-26(14-16-27)20-8-3-2-4-9-20/h2-10,25H,11-18H2,1H3,(H,24,28). The van der Waals surface area contributed by atoms with E-state index in [9.17, 15) is 9.59 Å². The van der Waals surface area contributed by atoms with Gasteiger partial charge in [-0.1, -0.05) is 36.4 Å². The fourth-order valence-electron chi connectivity index (χ4n) is 3.44. The molecular weight excluding hydrogens is 380 g/mol. The van der Waals surface area contributed by atoms with Crippen molar-refractivity contribution in [1.29, 1.82) is 0 Å². The van der Waals surface area contributed by atoms with Gasteiger partial charge >= 0.3 is 0 Å². The summed E-state index contributed by atoms with van der Waals surface area (Å²) in [5.41, 5.74) is 2.17. The molecule has 0 unspecified atom stereocenters. The number of rotatable bonds is 9. The molecular formula is C23H30N4O3. The number of anilines is 1. The van der Waals surface area contributed by atoms with Crippen LogP contribution in [0.4, 0.5) is 5.69 Å². The normalized spacial score (nSPS) is 13.8. The summed E-state index contributed by atoms with van der Waals surface area (Å²) in [5, 5.41) is 5.85. The Morgan fingerprint density at radius 3 is 2.40 bits per heavy atom. The van der Waals surface area contributed by atoms with Crippen LogP contribution in [0.5, 0.6) is 5.75 Å². The second-order valence-corrected chi connectivity index (χ2v) is 7.20. The number of piperazine rings is 1. The third-order valence-corrected chi connectivity index (χ3v) is 5.20. The lowest BCUT2D eigenvalue weighted by molar-refractivity contribution is -0.131. The smallest absolute Gasteiger partial charge is 0.257 e. The van der Waals surface area contributed by atoms with Crippen LogP contribution in [0.25, 0.3) is 0 Å². The zero-order valence-electron chi connectivity index (χ0n) is 17.5. The van der Waals surface area contributed by atoms with Crippen LogP contribution in [0.15, 0.2) is 54.6 Å². The van der Waals surface area contributed by atoms with E-state index >= 15 is 0 Å². The Kier molecular flexibility index (Phi) is 8.09. The van der Waals surface area contributed by atoms with Gasteiger partial charge in [0.1, 0.15) is 5.75 Å². The largest absolute Gasteiger partial charge is 0.483 e. The van der Waals surface area contributed by atoms with Crippen molar-refractivity contribution in [3.8, 4) is 5.75 Å². The molecule has 2 N–H and O–H groups in total. The van der Waals surface area contributed by atoms with Crippen LogP contribution in [0.1, 0.15) is 12.0 Å². The second kappa shape index (κ2) is 11.2. The van der Waals surface area contributed by atoms with Crippen LogP contribution >= 0.6 is 0 Å². The number of benzene rings is 2. The van der Waals surface area contributed by atoms with Gasteiger partial charge in [0.25, 0.3) is 5.91 Å². The van der Waals surface area contributed by atoms with E-state index in [0.29, 0.717) is 25.3 Å². The minimum Gasteiger partial charge on any atom is -0.483 e. The molecule has 2 aromatic rings. The zero-order chi connectivity index (χ0) is 21.2. The van der Waals surface area contributed by atoms with Gasteiger partial charge in [-0.05, 0) is 18.2 Å². The van der Waals surface area contributed by atoms with E-state index in [1.807, 2.05) is 47.4 Å². The molecule has 0 spiro atoms. The van der Waals surface area contributed by atoms with Crippen LogP contribution in [-0.4, -0.2) is 63.1 Å². The molecule has 2 aromatic carbocycles. The van der Waals surface area contributed by atoms with Crippen LogP contribution in [0.3, 0.4) is 0 Å². The topological polar surface area (TPSA) is 73.9 Å². The predicted octanol–water partition coefficient (Wildman–Crippen LogP) is 1.64. The summed E-state index contributed by atoms with van der Waals surface area (Å²) in [6.45, 7) is 4.40. The highest BCUT2D eigenvalue weighted by Crippen LogP contribution is 2.18. The maximum Gasteiger partial charge on any atom is 0.257 e. The van der Waals surface area contributed by atoms with E-state index in [4.69, 9.17) is 4.74 Å². The first kappa shape index (κ1) is 21.6. The minimum atomic E-state index is -0.171. The fourth-order valence-corrected chi connectivity index (χ4v) is 3.44. The molecule has 1 aliphatic heterocycles. The third kappa shape index (κ3) is 6.22. The Hall–Kier alpha value is -3.06. The molecule has 7 heteroatoms. The van der Waals surface area contributed by atoms with Gasteiger partial charge in [-0.15, -0.1) is 0 Å². The lowest BCUT2D eigenvalue weighted by Gasteiger charge is -2.36. The highest BCUT2D eigenvalue weighted by atomic mass is 16.5. The van der Waals surface area contributed by atoms with E-state index in [1.54, 1.807) is 7.05 Å². The summed E-state index contributed by atoms with van der Waals surface area (Å²) >= 11 is 0. The maximum absolute atomic E-state index is 12.5. The monoisotopic (exact) mass is 410 g/mol. The molecule has 0 radical (unpaired) electrons. The molecule has 2 amide bonds. The molecule has 3 rings (SSSR count). The molecule has 1 saturated heterocycles. The van der Waals surface area contributed by atoms with Gasteiger partial charge in [-0.2, -0.15) is 0 Å². The SMILES string of the molecule is CNC(=O)COc1ccccc1CNCCC(=O)N1CCN(c2ccccc2)CC1. The number of carbonyl (C=O) groups is 2. The predicted molar refractivity (Wildman–Crippen MR) is 118 cm³/mol. The molecule has 0 aromatic heterocycles. The summed E-state index contributed by atoms with van der Waals surface area (Å²) < 4.78 is 5.58. The summed E-state index contributed by atoms with van der Waals surface area (Å²) in [4.78, 5) is 28.2. The van der Waals surface area contributed by atoms with Crippen molar-refractivity contribution in [2.24, 2.45) is 0 Å². The molecule has 1 aliphatic rings. The number of amides is 2. The Bertz CT molecular complexity index is 820. The van der Waals surface area contributed by atoms with E-state index in [2.05, 4.69) is 27.7 Å². The summed E-state index contributed by atoms with van der Waals surface area (Å²) in [6.07, 6.45) is 0.465. The molecule has 0 bridgehead atoms. The molecule has 0 saturated carbocycles.